The molecule has 0 bridgehead atoms. The fourth-order valence-electron chi connectivity index (χ4n) is 5.16. The first-order chi connectivity index (χ1) is 16.7. The predicted molar refractivity (Wildman–Crippen MR) is 149 cm³/mol. The van der Waals surface area contributed by atoms with E-state index in [2.05, 4.69) is 64.2 Å². The van der Waals surface area contributed by atoms with E-state index >= 15 is 0 Å². The lowest BCUT2D eigenvalue weighted by Crippen LogP contribution is -2.34. The van der Waals surface area contributed by atoms with Gasteiger partial charge in [-0.15, -0.1) is 0 Å². The molecule has 1 amide bonds. The van der Waals surface area contributed by atoms with E-state index in [9.17, 15) is 9.90 Å². The van der Waals surface area contributed by atoms with Gasteiger partial charge in [-0.3, -0.25) is 4.79 Å². The minimum absolute atomic E-state index is 0.00110. The number of aliphatic hydroxyl groups is 1. The molecule has 0 unspecified atom stereocenters. The molecule has 0 heterocycles. The van der Waals surface area contributed by atoms with Gasteiger partial charge in [-0.25, -0.2) is 0 Å². The molecule has 0 atom stereocenters. The van der Waals surface area contributed by atoms with Crippen molar-refractivity contribution in [2.75, 3.05) is 5.32 Å². The van der Waals surface area contributed by atoms with Gasteiger partial charge in [0, 0.05) is 11.3 Å². The summed E-state index contributed by atoms with van der Waals surface area (Å²) in [7, 11) is 0. The van der Waals surface area contributed by atoms with Crippen molar-refractivity contribution in [1.82, 2.24) is 0 Å². The maximum absolute atomic E-state index is 13.5. The van der Waals surface area contributed by atoms with Gasteiger partial charge in [0.1, 0.15) is 0 Å². The Morgan fingerprint density at radius 3 is 2.17 bits per heavy atom. The van der Waals surface area contributed by atoms with Gasteiger partial charge >= 0.3 is 0 Å². The number of anilines is 1. The van der Waals surface area contributed by atoms with Crippen LogP contribution >= 0.6 is 0 Å². The average molecular weight is 476 g/mol. The van der Waals surface area contributed by atoms with Gasteiger partial charge in [0.25, 0.3) is 5.91 Å². The van der Waals surface area contributed by atoms with Crippen molar-refractivity contribution in [3.8, 4) is 0 Å². The molecule has 0 aromatic heterocycles. The summed E-state index contributed by atoms with van der Waals surface area (Å²) in [5.41, 5.74) is 6.38. The van der Waals surface area contributed by atoms with Crippen LogP contribution in [0.25, 0.3) is 5.57 Å². The lowest BCUT2D eigenvalue weighted by Gasteiger charge is -2.42. The van der Waals surface area contributed by atoms with Crippen molar-refractivity contribution in [2.45, 2.75) is 110 Å². The van der Waals surface area contributed by atoms with E-state index in [1.54, 1.807) is 0 Å². The number of amides is 1. The van der Waals surface area contributed by atoms with Crippen LogP contribution in [-0.2, 0) is 22.2 Å². The van der Waals surface area contributed by atoms with Crippen molar-refractivity contribution in [3.05, 3.63) is 70.8 Å². The highest BCUT2D eigenvalue weighted by atomic mass is 16.3. The molecule has 35 heavy (non-hydrogen) atoms. The Morgan fingerprint density at radius 2 is 1.51 bits per heavy atom. The Morgan fingerprint density at radius 1 is 0.886 bits per heavy atom. The highest BCUT2D eigenvalue weighted by molar-refractivity contribution is 6.25. The van der Waals surface area contributed by atoms with Gasteiger partial charge in [-0.2, -0.15) is 0 Å². The minimum atomic E-state index is -0.0689. The van der Waals surface area contributed by atoms with Crippen molar-refractivity contribution < 1.29 is 9.90 Å². The molecule has 0 radical (unpaired) electrons. The van der Waals surface area contributed by atoms with Gasteiger partial charge < -0.3 is 10.4 Å². The number of carbonyl (C=O) groups is 1. The molecule has 3 heteroatoms. The fourth-order valence-corrected chi connectivity index (χ4v) is 5.16. The smallest absolute Gasteiger partial charge is 0.255 e. The van der Waals surface area contributed by atoms with Crippen LogP contribution in [0.15, 0.2) is 48.5 Å². The Bertz CT molecular complexity index is 1010. The van der Waals surface area contributed by atoms with E-state index in [4.69, 9.17) is 0 Å². The van der Waals surface area contributed by atoms with E-state index in [1.807, 2.05) is 24.3 Å². The summed E-state index contributed by atoms with van der Waals surface area (Å²) in [6.07, 6.45) is 12.8. The SMILES string of the molecule is CCCCCCCCC=C(C(=O)Nc1ccc(CO)cc1)c1ccc2c(c1)C(C)(C)CCC2(C)C. The third-order valence-corrected chi connectivity index (χ3v) is 7.71. The number of carbonyl (C=O) groups excluding carboxylic acids is 1. The molecule has 1 aliphatic rings. The predicted octanol–water partition coefficient (Wildman–Crippen LogP) is 8.30. The van der Waals surface area contributed by atoms with Gasteiger partial charge in [0.15, 0.2) is 0 Å². The summed E-state index contributed by atoms with van der Waals surface area (Å²) in [5.74, 6) is -0.0689. The molecule has 0 saturated carbocycles. The molecule has 0 aliphatic heterocycles. The number of unbranched alkanes of at least 4 members (excludes halogenated alkanes) is 6. The number of hydrogen-bond donors (Lipinski definition) is 2. The molecule has 1 aliphatic carbocycles. The topological polar surface area (TPSA) is 49.3 Å². The zero-order valence-electron chi connectivity index (χ0n) is 22.5. The summed E-state index contributed by atoms with van der Waals surface area (Å²) >= 11 is 0. The Balaban J connectivity index is 1.87. The maximum atomic E-state index is 13.5. The van der Waals surface area contributed by atoms with Crippen molar-refractivity contribution >= 4 is 17.2 Å². The molecular formula is C32H45NO2. The summed E-state index contributed by atoms with van der Waals surface area (Å²) in [6, 6.07) is 14.1. The third-order valence-electron chi connectivity index (χ3n) is 7.71. The highest BCUT2D eigenvalue weighted by Crippen LogP contribution is 2.46. The molecule has 3 nitrogen and oxygen atoms in total. The average Bonchev–Trinajstić information content (AvgIpc) is 2.84. The van der Waals surface area contributed by atoms with Gasteiger partial charge in [0.2, 0.25) is 0 Å². The van der Waals surface area contributed by atoms with Crippen molar-refractivity contribution in [1.29, 1.82) is 0 Å². The lowest BCUT2D eigenvalue weighted by molar-refractivity contribution is -0.111. The van der Waals surface area contributed by atoms with Crippen LogP contribution in [0.1, 0.15) is 115 Å². The minimum Gasteiger partial charge on any atom is -0.392 e. The second-order valence-electron chi connectivity index (χ2n) is 11.5. The molecule has 2 aromatic rings. The van der Waals surface area contributed by atoms with Crippen molar-refractivity contribution in [3.63, 3.8) is 0 Å². The second-order valence-corrected chi connectivity index (χ2v) is 11.5. The summed E-state index contributed by atoms with van der Waals surface area (Å²) in [5, 5.41) is 12.4. The number of hydrogen-bond acceptors (Lipinski definition) is 2. The van der Waals surface area contributed by atoms with Crippen LogP contribution in [-0.4, -0.2) is 11.0 Å². The summed E-state index contributed by atoms with van der Waals surface area (Å²) in [4.78, 5) is 13.5. The number of allylic oxidation sites excluding steroid dienone is 1. The van der Waals surface area contributed by atoms with Crippen molar-refractivity contribution in [2.24, 2.45) is 0 Å². The number of fused-ring (bicyclic) bond motifs is 1. The van der Waals surface area contributed by atoms with Gasteiger partial charge in [-0.1, -0.05) is 103 Å². The van der Waals surface area contributed by atoms with Crippen LogP contribution in [0, 0.1) is 0 Å². The molecule has 190 valence electrons. The molecule has 2 N–H and O–H groups in total. The van der Waals surface area contributed by atoms with E-state index in [1.165, 1.54) is 49.7 Å². The third kappa shape index (κ3) is 7.07. The van der Waals surface area contributed by atoms with Gasteiger partial charge in [-0.05, 0) is 70.9 Å². The summed E-state index contributed by atoms with van der Waals surface area (Å²) in [6.45, 7) is 11.6. The molecule has 0 fully saturated rings. The van der Waals surface area contributed by atoms with E-state index in [-0.39, 0.29) is 23.3 Å². The number of benzene rings is 2. The Kier molecular flexibility index (Phi) is 9.35. The highest BCUT2D eigenvalue weighted by Gasteiger charge is 2.37. The first-order valence-corrected chi connectivity index (χ1v) is 13.5. The molecule has 0 spiro atoms. The van der Waals surface area contributed by atoms with E-state index in [0.29, 0.717) is 0 Å². The van der Waals surface area contributed by atoms with Crippen LogP contribution in [0.5, 0.6) is 0 Å². The molecular weight excluding hydrogens is 430 g/mol. The number of aliphatic hydroxyl groups excluding tert-OH is 1. The van der Waals surface area contributed by atoms with E-state index in [0.717, 1.165) is 41.6 Å². The standard InChI is InChI=1S/C32H45NO2/c1-6-7-8-9-10-11-12-13-27(30(35)33-26-17-14-24(23-34)15-18-26)25-16-19-28-29(22-25)32(4,5)21-20-31(28,2)3/h13-19,22,34H,6-12,20-21,23H2,1-5H3,(H,33,35). The van der Waals surface area contributed by atoms with Gasteiger partial charge in [0.05, 0.1) is 6.61 Å². The van der Waals surface area contributed by atoms with Crippen LogP contribution < -0.4 is 5.32 Å². The Labute approximate surface area is 213 Å². The zero-order valence-corrected chi connectivity index (χ0v) is 22.5. The quantitative estimate of drug-likeness (QED) is 0.254. The first kappa shape index (κ1) is 27.2. The molecule has 2 aromatic carbocycles. The maximum Gasteiger partial charge on any atom is 0.255 e. The fraction of sp³-hybridized carbons (Fsp3) is 0.531. The molecule has 3 rings (SSSR count). The zero-order chi connectivity index (χ0) is 25.5. The molecule has 0 saturated heterocycles. The first-order valence-electron chi connectivity index (χ1n) is 13.5. The lowest BCUT2D eigenvalue weighted by atomic mass is 9.63. The van der Waals surface area contributed by atoms with Crippen LogP contribution in [0.2, 0.25) is 0 Å². The Hall–Kier alpha value is -2.39. The normalized spacial score (nSPS) is 16.6. The number of nitrogens with one attached hydrogen (secondary N) is 1. The summed E-state index contributed by atoms with van der Waals surface area (Å²) < 4.78 is 0. The van der Waals surface area contributed by atoms with E-state index < -0.39 is 0 Å². The van der Waals surface area contributed by atoms with Crippen LogP contribution in [0.4, 0.5) is 5.69 Å². The van der Waals surface area contributed by atoms with Crippen LogP contribution in [0.3, 0.4) is 0 Å². The number of rotatable bonds is 11. The monoisotopic (exact) mass is 475 g/mol. The second kappa shape index (κ2) is 12.0. The largest absolute Gasteiger partial charge is 0.392 e.